The minimum absolute atomic E-state index is 0.0912. The molecule has 0 unspecified atom stereocenters. The van der Waals surface area contributed by atoms with Crippen LogP contribution in [0.15, 0.2) is 23.1 Å². The van der Waals surface area contributed by atoms with Crippen molar-refractivity contribution in [2.75, 3.05) is 0 Å². The first-order valence-corrected chi connectivity index (χ1v) is 12.6. The number of nitrogens with one attached hydrogen (secondary N) is 2. The SMILES string of the molecule is Cc1nc2ccc(S(=O)(=O)N[C@H](C(=O)N[C@@H]3CCC[C@H](C)[C@@H]3C)C(C)C)cc2s1. The number of hydrogen-bond acceptors (Lipinski definition) is 5. The Bertz CT molecular complexity index is 984. The van der Waals surface area contributed by atoms with Crippen molar-refractivity contribution in [1.82, 2.24) is 15.0 Å². The van der Waals surface area contributed by atoms with Gasteiger partial charge in [0.1, 0.15) is 6.04 Å². The van der Waals surface area contributed by atoms with Crippen molar-refractivity contribution in [3.05, 3.63) is 23.2 Å². The Morgan fingerprint density at radius 3 is 2.66 bits per heavy atom. The van der Waals surface area contributed by atoms with Crippen LogP contribution < -0.4 is 10.0 Å². The lowest BCUT2D eigenvalue weighted by atomic mass is 9.78. The highest BCUT2D eigenvalue weighted by Gasteiger charge is 2.33. The molecule has 1 aromatic heterocycles. The molecule has 1 aliphatic carbocycles. The van der Waals surface area contributed by atoms with Gasteiger partial charge in [-0.3, -0.25) is 4.79 Å². The van der Waals surface area contributed by atoms with E-state index < -0.39 is 16.1 Å². The van der Waals surface area contributed by atoms with Gasteiger partial charge in [-0.05, 0) is 49.3 Å². The number of nitrogens with zero attached hydrogens (tertiary/aromatic N) is 1. The highest BCUT2D eigenvalue weighted by atomic mass is 32.2. The van der Waals surface area contributed by atoms with Crippen LogP contribution in [-0.2, 0) is 14.8 Å². The lowest BCUT2D eigenvalue weighted by Gasteiger charge is -2.35. The molecule has 1 heterocycles. The van der Waals surface area contributed by atoms with Gasteiger partial charge < -0.3 is 5.32 Å². The molecule has 1 saturated carbocycles. The normalized spacial score (nSPS) is 24.0. The molecule has 2 N–H and O–H groups in total. The van der Waals surface area contributed by atoms with Crippen LogP contribution >= 0.6 is 11.3 Å². The van der Waals surface area contributed by atoms with Crippen LogP contribution in [0.25, 0.3) is 10.2 Å². The van der Waals surface area contributed by atoms with Gasteiger partial charge in [-0.1, -0.05) is 40.5 Å². The van der Waals surface area contributed by atoms with Gasteiger partial charge in [-0.25, -0.2) is 13.4 Å². The summed E-state index contributed by atoms with van der Waals surface area (Å²) in [5, 5.41) is 4.00. The van der Waals surface area contributed by atoms with E-state index in [2.05, 4.69) is 28.9 Å². The van der Waals surface area contributed by atoms with E-state index in [1.807, 2.05) is 20.8 Å². The maximum absolute atomic E-state index is 13.0. The van der Waals surface area contributed by atoms with E-state index in [1.54, 1.807) is 18.2 Å². The Labute approximate surface area is 177 Å². The van der Waals surface area contributed by atoms with Crippen molar-refractivity contribution in [1.29, 1.82) is 0 Å². The van der Waals surface area contributed by atoms with Crippen LogP contribution in [0.2, 0.25) is 0 Å². The first kappa shape index (κ1) is 22.2. The molecule has 29 heavy (non-hydrogen) atoms. The topological polar surface area (TPSA) is 88.2 Å². The Balaban J connectivity index is 1.78. The minimum atomic E-state index is -3.83. The Morgan fingerprint density at radius 2 is 1.97 bits per heavy atom. The number of aromatic nitrogens is 1. The summed E-state index contributed by atoms with van der Waals surface area (Å²) in [5.74, 6) is 0.520. The third-order valence-electron chi connectivity index (χ3n) is 6.04. The average Bonchev–Trinajstić information content (AvgIpc) is 3.02. The third kappa shape index (κ3) is 4.98. The number of aryl methyl sites for hydroxylation is 1. The van der Waals surface area contributed by atoms with Crippen LogP contribution in [0, 0.1) is 24.7 Å². The summed E-state index contributed by atoms with van der Waals surface area (Å²) < 4.78 is 29.5. The number of carbonyl (C=O) groups is 1. The van der Waals surface area contributed by atoms with Gasteiger partial charge in [0.2, 0.25) is 15.9 Å². The van der Waals surface area contributed by atoms with Crippen molar-refractivity contribution in [2.24, 2.45) is 17.8 Å². The smallest absolute Gasteiger partial charge is 0.241 e. The van der Waals surface area contributed by atoms with E-state index in [0.717, 1.165) is 28.1 Å². The molecule has 1 aromatic carbocycles. The molecular weight excluding hydrogens is 406 g/mol. The van der Waals surface area contributed by atoms with Crippen molar-refractivity contribution in [2.45, 2.75) is 70.9 Å². The monoisotopic (exact) mass is 437 g/mol. The van der Waals surface area contributed by atoms with Crippen LogP contribution in [0.1, 0.15) is 52.0 Å². The van der Waals surface area contributed by atoms with Crippen molar-refractivity contribution < 1.29 is 13.2 Å². The molecule has 2 aromatic rings. The summed E-state index contributed by atoms with van der Waals surface area (Å²) in [7, 11) is -3.83. The number of thiazole rings is 1. The van der Waals surface area contributed by atoms with Gasteiger partial charge >= 0.3 is 0 Å². The predicted molar refractivity (Wildman–Crippen MR) is 117 cm³/mol. The van der Waals surface area contributed by atoms with Crippen molar-refractivity contribution in [3.63, 3.8) is 0 Å². The molecule has 1 aliphatic rings. The largest absolute Gasteiger partial charge is 0.352 e. The molecular formula is C21H31N3O3S2. The van der Waals surface area contributed by atoms with Crippen LogP contribution in [0.4, 0.5) is 0 Å². The third-order valence-corrected chi connectivity index (χ3v) is 8.42. The Hall–Kier alpha value is -1.51. The molecule has 0 spiro atoms. The fourth-order valence-corrected chi connectivity index (χ4v) is 6.28. The maximum atomic E-state index is 13.0. The second kappa shape index (κ2) is 8.70. The van der Waals surface area contributed by atoms with Gasteiger partial charge in [0, 0.05) is 6.04 Å². The quantitative estimate of drug-likeness (QED) is 0.718. The number of fused-ring (bicyclic) bond motifs is 1. The lowest BCUT2D eigenvalue weighted by molar-refractivity contribution is -0.125. The van der Waals surface area contributed by atoms with Gasteiger partial charge in [0.25, 0.3) is 0 Å². The summed E-state index contributed by atoms with van der Waals surface area (Å²) in [4.78, 5) is 17.5. The first-order valence-electron chi connectivity index (χ1n) is 10.3. The van der Waals surface area contributed by atoms with E-state index in [-0.39, 0.29) is 22.8 Å². The van der Waals surface area contributed by atoms with E-state index >= 15 is 0 Å². The number of hydrogen-bond donors (Lipinski definition) is 2. The summed E-state index contributed by atoms with van der Waals surface area (Å²) in [5.41, 5.74) is 0.782. The molecule has 3 rings (SSSR count). The number of sulfonamides is 1. The molecule has 0 aliphatic heterocycles. The lowest BCUT2D eigenvalue weighted by Crippen LogP contribution is -2.54. The number of amides is 1. The van der Waals surface area contributed by atoms with Gasteiger partial charge in [-0.15, -0.1) is 11.3 Å². The number of benzene rings is 1. The zero-order chi connectivity index (χ0) is 21.3. The van der Waals surface area contributed by atoms with Gasteiger partial charge in [0.05, 0.1) is 20.1 Å². The minimum Gasteiger partial charge on any atom is -0.352 e. The molecule has 6 nitrogen and oxygen atoms in total. The highest BCUT2D eigenvalue weighted by molar-refractivity contribution is 7.89. The van der Waals surface area contributed by atoms with E-state index in [9.17, 15) is 13.2 Å². The molecule has 0 bridgehead atoms. The van der Waals surface area contributed by atoms with E-state index in [1.165, 1.54) is 17.8 Å². The zero-order valence-corrected chi connectivity index (χ0v) is 19.4. The molecule has 1 fully saturated rings. The van der Waals surface area contributed by atoms with Crippen LogP contribution in [-0.4, -0.2) is 31.4 Å². The number of carbonyl (C=O) groups excluding carboxylic acids is 1. The fourth-order valence-electron chi connectivity index (χ4n) is 3.97. The summed E-state index contributed by atoms with van der Waals surface area (Å²) in [6.07, 6.45) is 3.20. The second-order valence-electron chi connectivity index (χ2n) is 8.59. The molecule has 4 atom stereocenters. The summed E-state index contributed by atoms with van der Waals surface area (Å²) in [6, 6.07) is 4.16. The number of rotatable bonds is 6. The standard InChI is InChI=1S/C21H31N3O3S2/c1-12(2)20(21(25)23-17-8-6-7-13(3)14(17)4)24-29(26,27)16-9-10-18-19(11-16)28-15(5)22-18/h9-14,17,20,24H,6-8H2,1-5H3,(H,23,25)/t13-,14-,17+,20-/m0/s1. The van der Waals surface area contributed by atoms with E-state index in [4.69, 9.17) is 0 Å². The van der Waals surface area contributed by atoms with Crippen molar-refractivity contribution in [3.8, 4) is 0 Å². The van der Waals surface area contributed by atoms with Gasteiger partial charge in [0.15, 0.2) is 0 Å². The maximum Gasteiger partial charge on any atom is 0.241 e. The highest BCUT2D eigenvalue weighted by Crippen LogP contribution is 2.30. The molecule has 0 radical (unpaired) electrons. The molecule has 160 valence electrons. The van der Waals surface area contributed by atoms with Crippen LogP contribution in [0.5, 0.6) is 0 Å². The predicted octanol–water partition coefficient (Wildman–Crippen LogP) is 3.85. The zero-order valence-electron chi connectivity index (χ0n) is 17.7. The van der Waals surface area contributed by atoms with Crippen LogP contribution in [0.3, 0.4) is 0 Å². The summed E-state index contributed by atoms with van der Waals surface area (Å²) >= 11 is 1.45. The molecule has 0 saturated heterocycles. The van der Waals surface area contributed by atoms with Crippen molar-refractivity contribution >= 4 is 37.5 Å². The summed E-state index contributed by atoms with van der Waals surface area (Å²) in [6.45, 7) is 9.98. The first-order chi connectivity index (χ1) is 13.6. The average molecular weight is 438 g/mol. The van der Waals surface area contributed by atoms with E-state index in [0.29, 0.717) is 11.8 Å². The fraction of sp³-hybridized carbons (Fsp3) is 0.619. The molecule has 1 amide bonds. The second-order valence-corrected chi connectivity index (χ2v) is 11.5. The molecule has 8 heteroatoms. The Kier molecular flexibility index (Phi) is 6.65. The van der Waals surface area contributed by atoms with Gasteiger partial charge in [-0.2, -0.15) is 4.72 Å². The Morgan fingerprint density at radius 1 is 1.24 bits per heavy atom.